The van der Waals surface area contributed by atoms with Crippen molar-refractivity contribution in [1.82, 2.24) is 9.97 Å². The summed E-state index contributed by atoms with van der Waals surface area (Å²) in [5, 5.41) is 20.6. The van der Waals surface area contributed by atoms with Gasteiger partial charge in [0.15, 0.2) is 0 Å². The highest BCUT2D eigenvalue weighted by atomic mass is 16.3. The fourth-order valence-corrected chi connectivity index (χ4v) is 5.21. The van der Waals surface area contributed by atoms with Gasteiger partial charge in [-0.1, -0.05) is 48.5 Å². The maximum Gasteiger partial charge on any atom is 0.135 e. The average molecular weight is 525 g/mol. The lowest BCUT2D eigenvalue weighted by Crippen LogP contribution is -1.85. The number of aromatic nitrogens is 2. The molecule has 0 N–H and O–H groups in total. The summed E-state index contributed by atoms with van der Waals surface area (Å²) in [5.41, 5.74) is 10.8. The molecule has 0 saturated heterocycles. The van der Waals surface area contributed by atoms with Gasteiger partial charge in [-0.2, -0.15) is 10.5 Å². The first-order chi connectivity index (χ1) is 20.2. The van der Waals surface area contributed by atoms with Gasteiger partial charge in [0.05, 0.1) is 11.1 Å². The standard InChI is InChI=1S/C36H20N4O/c37-17-23-11-31(21-39-19-23)27-5-1-3-25(13-27)29-7-9-35-33(15-29)34-16-30(8-10-36(34)41-35)26-4-2-6-28(14-26)32-12-24(18-38)20-40-22-32/h1-16,19-22H. The molecule has 0 aliphatic heterocycles. The van der Waals surface area contributed by atoms with Gasteiger partial charge in [0, 0.05) is 46.7 Å². The van der Waals surface area contributed by atoms with Crippen molar-refractivity contribution in [3.63, 3.8) is 0 Å². The van der Waals surface area contributed by atoms with Crippen molar-refractivity contribution in [3.8, 4) is 56.6 Å². The highest BCUT2D eigenvalue weighted by Gasteiger charge is 2.12. The summed E-state index contributed by atoms with van der Waals surface area (Å²) in [4.78, 5) is 8.43. The normalized spacial score (nSPS) is 10.9. The molecule has 190 valence electrons. The molecular weight excluding hydrogens is 504 g/mol. The third kappa shape index (κ3) is 4.48. The third-order valence-corrected chi connectivity index (χ3v) is 7.26. The maximum absolute atomic E-state index is 9.27. The number of hydrogen-bond acceptors (Lipinski definition) is 5. The molecule has 0 unspecified atom stereocenters. The lowest BCUT2D eigenvalue weighted by atomic mass is 9.96. The van der Waals surface area contributed by atoms with Crippen LogP contribution in [0.1, 0.15) is 11.1 Å². The quantitative estimate of drug-likeness (QED) is 0.230. The number of furan rings is 1. The first-order valence-corrected chi connectivity index (χ1v) is 13.1. The van der Waals surface area contributed by atoms with Crippen LogP contribution in [0.5, 0.6) is 0 Å². The van der Waals surface area contributed by atoms with E-state index in [4.69, 9.17) is 4.42 Å². The van der Waals surface area contributed by atoms with Crippen LogP contribution >= 0.6 is 0 Å². The summed E-state index contributed by atoms with van der Waals surface area (Å²) in [6.07, 6.45) is 6.69. The minimum absolute atomic E-state index is 0.535. The SMILES string of the molecule is N#Cc1cncc(-c2cccc(-c3ccc4oc5ccc(-c6cccc(-c7cncc(C#N)c7)c6)cc5c4c3)c2)c1. The van der Waals surface area contributed by atoms with Gasteiger partial charge in [0.25, 0.3) is 0 Å². The Balaban J connectivity index is 1.29. The first-order valence-electron chi connectivity index (χ1n) is 13.1. The second-order valence-corrected chi connectivity index (χ2v) is 9.83. The zero-order chi connectivity index (χ0) is 27.8. The second kappa shape index (κ2) is 9.93. The number of fused-ring (bicyclic) bond motifs is 3. The largest absolute Gasteiger partial charge is 0.456 e. The van der Waals surface area contributed by atoms with Gasteiger partial charge in [-0.3, -0.25) is 9.97 Å². The molecule has 7 aromatic rings. The Morgan fingerprint density at radius 1 is 0.439 bits per heavy atom. The van der Waals surface area contributed by atoms with Crippen LogP contribution in [0.3, 0.4) is 0 Å². The van der Waals surface area contributed by atoms with Crippen molar-refractivity contribution in [2.24, 2.45) is 0 Å². The van der Waals surface area contributed by atoms with Gasteiger partial charge >= 0.3 is 0 Å². The van der Waals surface area contributed by atoms with Crippen molar-refractivity contribution in [3.05, 3.63) is 133 Å². The summed E-state index contributed by atoms with van der Waals surface area (Å²) in [7, 11) is 0. The van der Waals surface area contributed by atoms with Crippen LogP contribution in [0.15, 0.2) is 126 Å². The highest BCUT2D eigenvalue weighted by Crippen LogP contribution is 2.36. The molecule has 0 atom stereocenters. The van der Waals surface area contributed by atoms with Crippen molar-refractivity contribution in [2.75, 3.05) is 0 Å². The van der Waals surface area contributed by atoms with E-state index in [9.17, 15) is 10.5 Å². The predicted octanol–water partition coefficient (Wildman–Crippen LogP) is 8.79. The Kier molecular flexibility index (Phi) is 5.82. The molecule has 7 rings (SSSR count). The van der Waals surface area contributed by atoms with E-state index in [1.807, 2.05) is 48.5 Å². The van der Waals surface area contributed by atoms with Crippen molar-refractivity contribution in [1.29, 1.82) is 10.5 Å². The van der Waals surface area contributed by atoms with Crippen molar-refractivity contribution in [2.45, 2.75) is 0 Å². The van der Waals surface area contributed by atoms with Crippen LogP contribution in [-0.2, 0) is 0 Å². The lowest BCUT2D eigenvalue weighted by Gasteiger charge is -2.07. The van der Waals surface area contributed by atoms with Crippen LogP contribution in [-0.4, -0.2) is 9.97 Å². The first kappa shape index (κ1) is 24.0. The van der Waals surface area contributed by atoms with Gasteiger partial charge < -0.3 is 4.42 Å². The van der Waals surface area contributed by atoms with E-state index in [0.717, 1.165) is 66.4 Å². The number of rotatable bonds is 4. The van der Waals surface area contributed by atoms with Gasteiger partial charge in [-0.05, 0) is 81.9 Å². The predicted molar refractivity (Wildman–Crippen MR) is 160 cm³/mol. The maximum atomic E-state index is 9.27. The molecule has 0 bridgehead atoms. The molecule has 5 heteroatoms. The second-order valence-electron chi connectivity index (χ2n) is 9.83. The van der Waals surface area contributed by atoms with Crippen LogP contribution in [0.4, 0.5) is 0 Å². The van der Waals surface area contributed by atoms with E-state index < -0.39 is 0 Å². The number of nitrogens with zero attached hydrogens (tertiary/aromatic N) is 4. The third-order valence-electron chi connectivity index (χ3n) is 7.26. The Bertz CT molecular complexity index is 2040. The molecule has 0 aliphatic carbocycles. The summed E-state index contributed by atoms with van der Waals surface area (Å²) in [6, 6.07) is 37.1. The molecule has 3 heterocycles. The zero-order valence-electron chi connectivity index (χ0n) is 21.7. The fraction of sp³-hybridized carbons (Fsp3) is 0. The molecule has 3 aromatic heterocycles. The van der Waals surface area contributed by atoms with E-state index in [0.29, 0.717) is 11.1 Å². The molecular formula is C36H20N4O. The lowest BCUT2D eigenvalue weighted by molar-refractivity contribution is 0.669. The van der Waals surface area contributed by atoms with Crippen molar-refractivity contribution < 1.29 is 4.42 Å². The monoisotopic (exact) mass is 524 g/mol. The van der Waals surface area contributed by atoms with Gasteiger partial charge in [0.1, 0.15) is 23.3 Å². The fourth-order valence-electron chi connectivity index (χ4n) is 5.21. The minimum atomic E-state index is 0.535. The van der Waals surface area contributed by atoms with Crippen molar-refractivity contribution >= 4 is 21.9 Å². The smallest absolute Gasteiger partial charge is 0.135 e. The topological polar surface area (TPSA) is 86.5 Å². The number of pyridine rings is 2. The molecule has 0 amide bonds. The number of hydrogen-bond donors (Lipinski definition) is 0. The van der Waals surface area contributed by atoms with E-state index >= 15 is 0 Å². The molecule has 4 aromatic carbocycles. The number of nitriles is 2. The summed E-state index contributed by atoms with van der Waals surface area (Å²) in [5.74, 6) is 0. The minimum Gasteiger partial charge on any atom is -0.456 e. The zero-order valence-corrected chi connectivity index (χ0v) is 21.7. The Morgan fingerprint density at radius 2 is 0.854 bits per heavy atom. The van der Waals surface area contributed by atoms with Crippen LogP contribution in [0, 0.1) is 22.7 Å². The van der Waals surface area contributed by atoms with E-state index in [1.54, 1.807) is 24.8 Å². The molecule has 0 fully saturated rings. The summed E-state index contributed by atoms with van der Waals surface area (Å²) >= 11 is 0. The molecule has 0 aliphatic rings. The highest BCUT2D eigenvalue weighted by molar-refractivity contribution is 6.07. The summed E-state index contributed by atoms with van der Waals surface area (Å²) in [6.45, 7) is 0. The Labute approximate surface area is 236 Å². The molecule has 0 spiro atoms. The van der Waals surface area contributed by atoms with E-state index in [1.165, 1.54) is 0 Å². The van der Waals surface area contributed by atoms with Crippen LogP contribution in [0.2, 0.25) is 0 Å². The van der Waals surface area contributed by atoms with Crippen LogP contribution in [0.25, 0.3) is 66.4 Å². The molecule has 41 heavy (non-hydrogen) atoms. The molecule has 5 nitrogen and oxygen atoms in total. The van der Waals surface area contributed by atoms with Gasteiger partial charge in [-0.15, -0.1) is 0 Å². The summed E-state index contributed by atoms with van der Waals surface area (Å²) < 4.78 is 6.19. The van der Waals surface area contributed by atoms with Crippen LogP contribution < -0.4 is 0 Å². The number of benzene rings is 4. The molecule has 0 radical (unpaired) electrons. The van der Waals surface area contributed by atoms with Gasteiger partial charge in [-0.25, -0.2) is 0 Å². The van der Waals surface area contributed by atoms with E-state index in [2.05, 4.69) is 70.6 Å². The Hall–Kier alpha value is -6.04. The van der Waals surface area contributed by atoms with Gasteiger partial charge in [0.2, 0.25) is 0 Å². The average Bonchev–Trinajstić information content (AvgIpc) is 3.42. The van der Waals surface area contributed by atoms with E-state index in [-0.39, 0.29) is 0 Å². The Morgan fingerprint density at radius 3 is 1.29 bits per heavy atom. The molecule has 0 saturated carbocycles.